The lowest BCUT2D eigenvalue weighted by Gasteiger charge is -2.39. The second kappa shape index (κ2) is 19.4. The lowest BCUT2D eigenvalue weighted by atomic mass is 9.72. The molecule has 0 bridgehead atoms. The number of aryl methyl sites for hydroxylation is 1. The number of nitrogens with one attached hydrogen (secondary N) is 3. The van der Waals surface area contributed by atoms with Gasteiger partial charge in [0.15, 0.2) is 0 Å². The number of pyridine rings is 1. The van der Waals surface area contributed by atoms with Crippen LogP contribution in [0.2, 0.25) is 0 Å². The van der Waals surface area contributed by atoms with Crippen molar-refractivity contribution in [2.24, 2.45) is 5.41 Å². The van der Waals surface area contributed by atoms with Gasteiger partial charge >= 0.3 is 6.18 Å². The molecule has 0 saturated carbocycles. The number of anilines is 2. The third-order valence-electron chi connectivity index (χ3n) is 12.8. The first kappa shape index (κ1) is 49.4. The van der Waals surface area contributed by atoms with Crippen LogP contribution in [0.3, 0.4) is 0 Å². The van der Waals surface area contributed by atoms with E-state index >= 15 is 0 Å². The molecule has 1 amide bonds. The van der Waals surface area contributed by atoms with E-state index in [1.54, 1.807) is 43.5 Å². The summed E-state index contributed by atoms with van der Waals surface area (Å²) >= 11 is 0. The second-order valence-electron chi connectivity index (χ2n) is 18.4. The molecule has 8 rings (SSSR count). The number of aromatic nitrogens is 2. The Kier molecular flexibility index (Phi) is 13.9. The standard InChI is InChI=1S/C47H53F3N8O9S2/c1-30-21-33(47(48,49)50)5-8-38(30)40-25-46(2,3)13-11-32(40)28-55-15-17-56(18-16-55)34-6-9-39(43(23-34)67-35-22-31-12-14-51-44(31)53-26-35)45(59)54-69(64,65)37-7-10-41(42(24-37)58(60)61)52-27-36-29-57(19-20-66-36)68(4,62)63/h5-10,12,14,21-24,26,36,52H,11,13,15-20,25,27-29H2,1-4H3,(H,51,53)(H,54,59)/t36-/m1/s1. The van der Waals surface area contributed by atoms with Crippen LogP contribution in [0.5, 0.6) is 11.5 Å². The van der Waals surface area contributed by atoms with Crippen LogP contribution in [0.4, 0.5) is 30.2 Å². The number of piperazine rings is 1. The normalized spacial score (nSPS) is 18.6. The predicted molar refractivity (Wildman–Crippen MR) is 254 cm³/mol. The van der Waals surface area contributed by atoms with E-state index in [0.717, 1.165) is 60.2 Å². The summed E-state index contributed by atoms with van der Waals surface area (Å²) in [5.41, 5.74) is 3.60. The molecule has 0 radical (unpaired) electrons. The monoisotopic (exact) mass is 994 g/mol. The van der Waals surface area contributed by atoms with Gasteiger partial charge in [0.25, 0.3) is 21.6 Å². The molecule has 4 heterocycles. The highest BCUT2D eigenvalue weighted by molar-refractivity contribution is 7.90. The second-order valence-corrected chi connectivity index (χ2v) is 22.1. The first-order valence-electron chi connectivity index (χ1n) is 22.3. The third kappa shape index (κ3) is 11.5. The molecule has 0 unspecified atom stereocenters. The van der Waals surface area contributed by atoms with Crippen LogP contribution >= 0.6 is 0 Å². The fourth-order valence-corrected chi connectivity index (χ4v) is 10.9. The lowest BCUT2D eigenvalue weighted by Crippen LogP contribution is -2.47. The summed E-state index contributed by atoms with van der Waals surface area (Å²) in [5, 5.41) is 15.8. The third-order valence-corrected chi connectivity index (χ3v) is 15.4. The number of sulfonamides is 2. The highest BCUT2D eigenvalue weighted by atomic mass is 32.2. The summed E-state index contributed by atoms with van der Waals surface area (Å²) in [6.07, 6.45) is 1.72. The number of hydrogen-bond donors (Lipinski definition) is 3. The van der Waals surface area contributed by atoms with E-state index in [9.17, 15) is 44.9 Å². The average molecular weight is 995 g/mol. The minimum absolute atomic E-state index is 0.00600. The van der Waals surface area contributed by atoms with Crippen molar-refractivity contribution in [3.8, 4) is 11.5 Å². The molecule has 0 spiro atoms. The van der Waals surface area contributed by atoms with Crippen molar-refractivity contribution in [1.29, 1.82) is 0 Å². The molecule has 3 N–H and O–H groups in total. The van der Waals surface area contributed by atoms with E-state index in [2.05, 4.69) is 38.9 Å². The van der Waals surface area contributed by atoms with Crippen molar-refractivity contribution in [2.45, 2.75) is 57.2 Å². The van der Waals surface area contributed by atoms with Gasteiger partial charge < -0.3 is 24.7 Å². The number of halogens is 3. The SMILES string of the molecule is Cc1cc(C(F)(F)F)ccc1C1=C(CN2CCN(c3ccc(C(=O)NS(=O)(=O)c4ccc(NC[C@@H]5CN(S(C)(=O)=O)CCO5)c([N+](=O)[O-])c4)c(Oc4cnc5[nH]ccc5c4)c3)CC2)CCC(C)(C)C1. The lowest BCUT2D eigenvalue weighted by molar-refractivity contribution is -0.384. The van der Waals surface area contributed by atoms with Crippen molar-refractivity contribution in [3.05, 3.63) is 117 Å². The summed E-state index contributed by atoms with van der Waals surface area (Å²) in [7, 11) is -8.19. The van der Waals surface area contributed by atoms with E-state index in [1.165, 1.54) is 34.3 Å². The number of amides is 1. The maximum absolute atomic E-state index is 14.0. The van der Waals surface area contributed by atoms with Gasteiger partial charge in [0.05, 0.1) is 46.1 Å². The number of hydrogen-bond acceptors (Lipinski definition) is 13. The Morgan fingerprint density at radius 3 is 2.49 bits per heavy atom. The number of nitrogens with zero attached hydrogens (tertiary/aromatic N) is 5. The highest BCUT2D eigenvalue weighted by Crippen LogP contribution is 2.45. The van der Waals surface area contributed by atoms with Gasteiger partial charge in [-0.3, -0.25) is 19.8 Å². The maximum Gasteiger partial charge on any atom is 0.416 e. The fourth-order valence-electron chi connectivity index (χ4n) is 9.04. The number of aromatic amines is 1. The zero-order valence-electron chi connectivity index (χ0n) is 38.4. The smallest absolute Gasteiger partial charge is 0.416 e. The number of benzene rings is 3. The van der Waals surface area contributed by atoms with Crippen molar-refractivity contribution in [3.63, 3.8) is 0 Å². The van der Waals surface area contributed by atoms with Gasteiger partial charge in [-0.2, -0.15) is 17.5 Å². The van der Waals surface area contributed by atoms with Crippen LogP contribution in [-0.4, -0.2) is 118 Å². The highest BCUT2D eigenvalue weighted by Gasteiger charge is 2.34. The molecule has 3 aromatic carbocycles. The Balaban J connectivity index is 0.996. The van der Waals surface area contributed by atoms with E-state index in [-0.39, 0.29) is 54.4 Å². The maximum atomic E-state index is 14.0. The van der Waals surface area contributed by atoms with E-state index < -0.39 is 59.3 Å². The van der Waals surface area contributed by atoms with Gasteiger partial charge in [0.2, 0.25) is 10.0 Å². The van der Waals surface area contributed by atoms with Crippen LogP contribution in [0.15, 0.2) is 89.6 Å². The number of fused-ring (bicyclic) bond motifs is 1. The quantitative estimate of drug-likeness (QED) is 0.0726. The van der Waals surface area contributed by atoms with Gasteiger partial charge in [-0.25, -0.2) is 26.5 Å². The summed E-state index contributed by atoms with van der Waals surface area (Å²) in [5.74, 6) is -0.768. The molecule has 1 atom stereocenters. The summed E-state index contributed by atoms with van der Waals surface area (Å²) < 4.78 is 107. The molecule has 3 aliphatic rings. The number of morpholine rings is 1. The number of allylic oxidation sites excluding steroid dienone is 1. The van der Waals surface area contributed by atoms with Gasteiger partial charge in [-0.1, -0.05) is 25.5 Å². The van der Waals surface area contributed by atoms with Gasteiger partial charge in [-0.15, -0.1) is 0 Å². The minimum atomic E-state index is -4.70. The Labute approximate surface area is 397 Å². The Bertz CT molecular complexity index is 3040. The van der Waals surface area contributed by atoms with Crippen LogP contribution < -0.4 is 19.7 Å². The number of H-pyrrole nitrogens is 1. The molecule has 2 aliphatic heterocycles. The summed E-state index contributed by atoms with van der Waals surface area (Å²) in [6.45, 7) is 9.57. The van der Waals surface area contributed by atoms with E-state index in [1.807, 2.05) is 4.72 Å². The number of ether oxygens (including phenoxy) is 2. The van der Waals surface area contributed by atoms with Crippen molar-refractivity contribution in [2.75, 3.05) is 75.4 Å². The number of nitro benzene ring substituents is 1. The number of alkyl halides is 3. The molecular formula is C47H53F3N8O9S2. The number of nitro groups is 1. The predicted octanol–water partition coefficient (Wildman–Crippen LogP) is 7.57. The number of carbonyl (C=O) groups excluding carboxylic acids is 1. The first-order valence-corrected chi connectivity index (χ1v) is 25.6. The summed E-state index contributed by atoms with van der Waals surface area (Å²) in [4.78, 5) is 36.6. The van der Waals surface area contributed by atoms with Crippen LogP contribution in [0.1, 0.15) is 60.2 Å². The topological polar surface area (TPSA) is 209 Å². The molecule has 17 nitrogen and oxygen atoms in total. The Morgan fingerprint density at radius 1 is 1.01 bits per heavy atom. The van der Waals surface area contributed by atoms with Crippen LogP contribution in [-0.2, 0) is 31.0 Å². The van der Waals surface area contributed by atoms with Crippen LogP contribution in [0.25, 0.3) is 16.6 Å². The molecule has 5 aromatic rings. The Morgan fingerprint density at radius 2 is 1.78 bits per heavy atom. The van der Waals surface area contributed by atoms with Gasteiger partial charge in [0, 0.05) is 81.8 Å². The number of rotatable bonds is 14. The molecule has 1 aliphatic carbocycles. The molecule has 2 aromatic heterocycles. The molecule has 2 fully saturated rings. The minimum Gasteiger partial charge on any atom is -0.455 e. The molecule has 22 heteroatoms. The molecule has 368 valence electrons. The Hall–Kier alpha value is -6.07. The van der Waals surface area contributed by atoms with Crippen LogP contribution in [0, 0.1) is 22.5 Å². The molecule has 69 heavy (non-hydrogen) atoms. The van der Waals surface area contributed by atoms with Crippen molar-refractivity contribution >= 4 is 59.6 Å². The largest absolute Gasteiger partial charge is 0.455 e. The van der Waals surface area contributed by atoms with E-state index in [0.29, 0.717) is 49.6 Å². The van der Waals surface area contributed by atoms with Crippen molar-refractivity contribution in [1.82, 2.24) is 23.9 Å². The van der Waals surface area contributed by atoms with E-state index in [4.69, 9.17) is 9.47 Å². The first-order chi connectivity index (χ1) is 32.5. The van der Waals surface area contributed by atoms with Gasteiger partial charge in [0.1, 0.15) is 22.8 Å². The average Bonchev–Trinajstić information content (AvgIpc) is 3.76. The zero-order chi connectivity index (χ0) is 49.5. The molecule has 2 saturated heterocycles. The summed E-state index contributed by atoms with van der Waals surface area (Å²) in [6, 6.07) is 15.4. The van der Waals surface area contributed by atoms with Crippen molar-refractivity contribution < 1.29 is 49.2 Å². The van der Waals surface area contributed by atoms with Gasteiger partial charge in [-0.05, 0) is 96.8 Å². The number of carbonyl (C=O) groups is 1. The fraction of sp³-hybridized carbons (Fsp3) is 0.404. The molecular weight excluding hydrogens is 942 g/mol. The zero-order valence-corrected chi connectivity index (χ0v) is 40.1.